The van der Waals surface area contributed by atoms with Crippen LogP contribution in [-0.4, -0.2) is 22.6 Å². The van der Waals surface area contributed by atoms with Gasteiger partial charge in [0.1, 0.15) is 5.02 Å². The molecule has 0 bridgehead atoms. The predicted molar refractivity (Wildman–Crippen MR) is 114 cm³/mol. The van der Waals surface area contributed by atoms with Gasteiger partial charge in [0.2, 0.25) is 5.88 Å². The molecule has 1 aromatic carbocycles. The van der Waals surface area contributed by atoms with Gasteiger partial charge in [-0.1, -0.05) is 50.6 Å². The zero-order chi connectivity index (χ0) is 19.8. The summed E-state index contributed by atoms with van der Waals surface area (Å²) in [6, 6.07) is 12.0. The highest BCUT2D eigenvalue weighted by molar-refractivity contribution is 6.32. The molecule has 3 aromatic rings. The van der Waals surface area contributed by atoms with Crippen LogP contribution in [0.4, 0.5) is 0 Å². The molecule has 0 saturated heterocycles. The second kappa shape index (κ2) is 10.2. The molecule has 2 N–H and O–H groups in total. The minimum atomic E-state index is 0.157. The van der Waals surface area contributed by atoms with Gasteiger partial charge < -0.3 is 10.5 Å². The van der Waals surface area contributed by atoms with Gasteiger partial charge in [-0.2, -0.15) is 0 Å². The van der Waals surface area contributed by atoms with E-state index in [1.54, 1.807) is 12.4 Å². The van der Waals surface area contributed by atoms with Crippen molar-refractivity contribution in [3.63, 3.8) is 0 Å². The summed E-state index contributed by atoms with van der Waals surface area (Å²) in [5, 5.41) is 1.58. The number of ether oxygens (including phenoxy) is 1. The van der Waals surface area contributed by atoms with Gasteiger partial charge in [-0.15, -0.1) is 0 Å². The van der Waals surface area contributed by atoms with Crippen LogP contribution in [-0.2, 0) is 0 Å². The van der Waals surface area contributed by atoms with Gasteiger partial charge >= 0.3 is 0 Å². The monoisotopic (exact) mass is 385 g/mol. The first-order valence-electron chi connectivity index (χ1n) is 9.42. The Labute approximate surface area is 166 Å². The number of halogens is 1. The summed E-state index contributed by atoms with van der Waals surface area (Å²) >= 11 is 6.39. The molecule has 0 aliphatic carbocycles. The van der Waals surface area contributed by atoms with Crippen LogP contribution in [0.1, 0.15) is 34.1 Å². The topological polar surface area (TPSA) is 61.0 Å². The number of hydrogen-bond acceptors (Lipinski definition) is 4. The fourth-order valence-electron chi connectivity index (χ4n) is 2.95. The Balaban J connectivity index is 0.00000126. The Morgan fingerprint density at radius 1 is 1.11 bits per heavy atom. The summed E-state index contributed by atoms with van der Waals surface area (Å²) in [7, 11) is 0. The third-order valence-electron chi connectivity index (χ3n) is 4.05. The van der Waals surface area contributed by atoms with E-state index < -0.39 is 0 Å². The highest BCUT2D eigenvalue weighted by Gasteiger charge is 2.11. The van der Waals surface area contributed by atoms with Gasteiger partial charge in [-0.25, -0.2) is 4.98 Å². The number of rotatable bonds is 6. The first-order valence-corrected chi connectivity index (χ1v) is 9.80. The maximum atomic E-state index is 6.39. The number of aromatic nitrogens is 2. The fraction of sp³-hybridized carbons (Fsp3) is 0.364. The second-order valence-electron chi connectivity index (χ2n) is 6.52. The molecule has 0 fully saturated rings. The van der Waals surface area contributed by atoms with Gasteiger partial charge in [0, 0.05) is 29.4 Å². The molecule has 2 unspecified atom stereocenters. The van der Waals surface area contributed by atoms with Gasteiger partial charge in [-0.05, 0) is 43.0 Å². The van der Waals surface area contributed by atoms with E-state index >= 15 is 0 Å². The van der Waals surface area contributed by atoms with Gasteiger partial charge in [-0.3, -0.25) is 4.98 Å². The van der Waals surface area contributed by atoms with Crippen molar-refractivity contribution in [2.45, 2.75) is 40.2 Å². The number of hydrogen-bond donors (Lipinski definition) is 1. The number of fused-ring (bicyclic) bond motifs is 1. The van der Waals surface area contributed by atoms with Crippen molar-refractivity contribution in [1.82, 2.24) is 9.97 Å². The molecule has 5 heteroatoms. The summed E-state index contributed by atoms with van der Waals surface area (Å²) in [5.74, 6) is 0.807. The molecule has 27 heavy (non-hydrogen) atoms. The SMILES string of the molecule is CC.CC(N)CC(C)COc1ncc(-c2ccnc3ccccc23)cc1Cl. The molecular formula is C22H28ClN3O. The van der Waals surface area contributed by atoms with Crippen molar-refractivity contribution in [1.29, 1.82) is 0 Å². The largest absolute Gasteiger partial charge is 0.476 e. The van der Waals surface area contributed by atoms with E-state index in [-0.39, 0.29) is 6.04 Å². The number of benzene rings is 1. The Bertz CT molecular complexity index is 862. The van der Waals surface area contributed by atoms with Crippen LogP contribution >= 0.6 is 11.6 Å². The molecule has 0 aliphatic rings. The van der Waals surface area contributed by atoms with Crippen LogP contribution in [0.3, 0.4) is 0 Å². The highest BCUT2D eigenvalue weighted by atomic mass is 35.5. The van der Waals surface area contributed by atoms with Crippen molar-refractivity contribution in [2.24, 2.45) is 11.7 Å². The molecule has 2 heterocycles. The highest BCUT2D eigenvalue weighted by Crippen LogP contribution is 2.31. The molecule has 0 aliphatic heterocycles. The van der Waals surface area contributed by atoms with Gasteiger partial charge in [0.25, 0.3) is 0 Å². The number of nitrogens with two attached hydrogens (primary N) is 1. The molecule has 4 nitrogen and oxygen atoms in total. The van der Waals surface area contributed by atoms with E-state index in [9.17, 15) is 0 Å². The summed E-state index contributed by atoms with van der Waals surface area (Å²) in [6.45, 7) is 8.65. The minimum Gasteiger partial charge on any atom is -0.476 e. The summed E-state index contributed by atoms with van der Waals surface area (Å²) in [5.41, 5.74) is 8.76. The molecule has 0 amide bonds. The molecule has 0 spiro atoms. The fourth-order valence-corrected chi connectivity index (χ4v) is 3.17. The van der Waals surface area contributed by atoms with E-state index in [1.807, 2.05) is 57.2 Å². The minimum absolute atomic E-state index is 0.157. The lowest BCUT2D eigenvalue weighted by molar-refractivity contribution is 0.238. The average Bonchev–Trinajstić information content (AvgIpc) is 2.67. The van der Waals surface area contributed by atoms with Crippen LogP contribution in [0, 0.1) is 5.92 Å². The molecule has 2 atom stereocenters. The van der Waals surface area contributed by atoms with E-state index in [0.717, 1.165) is 28.5 Å². The van der Waals surface area contributed by atoms with Crippen molar-refractivity contribution >= 4 is 22.5 Å². The van der Waals surface area contributed by atoms with Gasteiger partial charge in [0.05, 0.1) is 12.1 Å². The summed E-state index contributed by atoms with van der Waals surface area (Å²) in [4.78, 5) is 8.80. The van der Waals surface area contributed by atoms with Crippen LogP contribution < -0.4 is 10.5 Å². The van der Waals surface area contributed by atoms with Crippen LogP contribution in [0.2, 0.25) is 5.02 Å². The lowest BCUT2D eigenvalue weighted by Gasteiger charge is -2.15. The number of pyridine rings is 2. The molecule has 2 aromatic heterocycles. The van der Waals surface area contributed by atoms with Crippen LogP contribution in [0.15, 0.2) is 48.8 Å². The van der Waals surface area contributed by atoms with Gasteiger partial charge in [0.15, 0.2) is 0 Å². The maximum Gasteiger partial charge on any atom is 0.232 e. The van der Waals surface area contributed by atoms with Crippen molar-refractivity contribution in [3.8, 4) is 17.0 Å². The Hall–Kier alpha value is -2.17. The maximum absolute atomic E-state index is 6.39. The van der Waals surface area contributed by atoms with Crippen LogP contribution in [0.5, 0.6) is 5.88 Å². The smallest absolute Gasteiger partial charge is 0.232 e. The molecule has 144 valence electrons. The first-order chi connectivity index (χ1) is 13.0. The normalized spacial score (nSPS) is 12.8. The molecule has 0 saturated carbocycles. The predicted octanol–water partition coefficient (Wildman–Crippen LogP) is 5.73. The second-order valence-corrected chi connectivity index (χ2v) is 6.92. The quantitative estimate of drug-likeness (QED) is 0.588. The van der Waals surface area contributed by atoms with Crippen LogP contribution in [0.25, 0.3) is 22.0 Å². The van der Waals surface area contributed by atoms with E-state index in [2.05, 4.69) is 16.9 Å². The van der Waals surface area contributed by atoms with Crippen molar-refractivity contribution in [2.75, 3.05) is 6.61 Å². The van der Waals surface area contributed by atoms with Crippen molar-refractivity contribution < 1.29 is 4.74 Å². The van der Waals surface area contributed by atoms with Crippen molar-refractivity contribution in [3.05, 3.63) is 53.8 Å². The lowest BCUT2D eigenvalue weighted by atomic mass is 10.0. The zero-order valence-corrected chi connectivity index (χ0v) is 17.2. The third-order valence-corrected chi connectivity index (χ3v) is 4.32. The van der Waals surface area contributed by atoms with E-state index in [4.69, 9.17) is 22.1 Å². The lowest BCUT2D eigenvalue weighted by Crippen LogP contribution is -2.21. The Morgan fingerprint density at radius 2 is 1.85 bits per heavy atom. The summed E-state index contributed by atoms with van der Waals surface area (Å²) < 4.78 is 5.77. The number of para-hydroxylation sites is 1. The molecule has 3 rings (SSSR count). The standard InChI is InChI=1S/C20H22ClN3O.C2H6/c1-13(9-14(2)22)12-25-20-18(21)10-15(11-24-20)16-7-8-23-19-6-4-3-5-17(16)19;1-2/h3-8,10-11,13-14H,9,12,22H2,1-2H3;1-2H3. The third kappa shape index (κ3) is 5.65. The average molecular weight is 386 g/mol. The molecule has 0 radical (unpaired) electrons. The zero-order valence-electron chi connectivity index (χ0n) is 16.4. The molecular weight excluding hydrogens is 358 g/mol. The Kier molecular flexibility index (Phi) is 8.01. The Morgan fingerprint density at radius 3 is 2.56 bits per heavy atom. The van der Waals surface area contributed by atoms with E-state index in [1.165, 1.54) is 0 Å². The number of nitrogens with zero attached hydrogens (tertiary/aromatic N) is 2. The first kappa shape index (κ1) is 21.1. The summed E-state index contributed by atoms with van der Waals surface area (Å²) in [6.07, 6.45) is 4.49. The van der Waals surface area contributed by atoms with E-state index in [0.29, 0.717) is 23.4 Å².